The van der Waals surface area contributed by atoms with Crippen molar-refractivity contribution in [2.45, 2.75) is 31.2 Å². The van der Waals surface area contributed by atoms with Crippen LogP contribution in [-0.2, 0) is 16.4 Å². The lowest BCUT2D eigenvalue weighted by Crippen LogP contribution is -2.30. The van der Waals surface area contributed by atoms with Gasteiger partial charge in [-0.05, 0) is 53.8 Å². The topological polar surface area (TPSA) is 85.1 Å². The van der Waals surface area contributed by atoms with Crippen molar-refractivity contribution in [3.63, 3.8) is 0 Å². The minimum atomic E-state index is -3.91. The van der Waals surface area contributed by atoms with Crippen LogP contribution in [0.4, 0.5) is 0 Å². The van der Waals surface area contributed by atoms with Gasteiger partial charge in [0.05, 0.1) is 4.90 Å². The molecule has 33 heavy (non-hydrogen) atoms. The number of nitrogens with one attached hydrogen (secondary N) is 1. The Balaban J connectivity index is 1.69. The zero-order valence-electron chi connectivity index (χ0n) is 18.3. The van der Waals surface area contributed by atoms with Crippen molar-refractivity contribution < 1.29 is 12.8 Å². The van der Waals surface area contributed by atoms with Crippen molar-refractivity contribution in [3.8, 4) is 11.5 Å². The second kappa shape index (κ2) is 9.87. The first-order valence-corrected chi connectivity index (χ1v) is 12.4. The standard InChI is InChI=1S/C25H24ClN3O3S/c1-17(2)16-18-12-14-20(15-13-18)33(30,31)29-23(21-10-6-7-11-22(21)26)25-28-27-24(32-25)19-8-4-3-5-9-19/h3-15,17,23,29H,16H2,1-2H3/t23-/m1/s1. The van der Waals surface area contributed by atoms with Crippen LogP contribution in [0.15, 0.2) is 88.2 Å². The molecule has 1 heterocycles. The lowest BCUT2D eigenvalue weighted by molar-refractivity contribution is 0.464. The fraction of sp³-hybridized carbons (Fsp3) is 0.200. The van der Waals surface area contributed by atoms with Crippen LogP contribution in [0.25, 0.3) is 11.5 Å². The van der Waals surface area contributed by atoms with Crippen molar-refractivity contribution in [2.75, 3.05) is 0 Å². The quantitative estimate of drug-likeness (QED) is 0.351. The molecule has 0 aliphatic heterocycles. The highest BCUT2D eigenvalue weighted by Gasteiger charge is 2.29. The number of hydrogen-bond donors (Lipinski definition) is 1. The van der Waals surface area contributed by atoms with Gasteiger partial charge in [0.25, 0.3) is 0 Å². The molecule has 1 atom stereocenters. The molecule has 6 nitrogen and oxygen atoms in total. The Labute approximate surface area is 198 Å². The lowest BCUT2D eigenvalue weighted by atomic mass is 10.0. The Morgan fingerprint density at radius 1 is 0.909 bits per heavy atom. The Morgan fingerprint density at radius 2 is 1.58 bits per heavy atom. The van der Waals surface area contributed by atoms with Gasteiger partial charge in [-0.15, -0.1) is 10.2 Å². The van der Waals surface area contributed by atoms with E-state index in [1.807, 2.05) is 42.5 Å². The molecule has 0 saturated heterocycles. The zero-order chi connectivity index (χ0) is 23.4. The smallest absolute Gasteiger partial charge is 0.247 e. The molecule has 0 spiro atoms. The summed E-state index contributed by atoms with van der Waals surface area (Å²) in [6, 6.07) is 22.2. The van der Waals surface area contributed by atoms with E-state index in [2.05, 4.69) is 28.8 Å². The zero-order valence-corrected chi connectivity index (χ0v) is 19.8. The predicted molar refractivity (Wildman–Crippen MR) is 128 cm³/mol. The van der Waals surface area contributed by atoms with Crippen molar-refractivity contribution in [2.24, 2.45) is 5.92 Å². The molecule has 0 aliphatic rings. The van der Waals surface area contributed by atoms with Gasteiger partial charge >= 0.3 is 0 Å². The SMILES string of the molecule is CC(C)Cc1ccc(S(=O)(=O)N[C@@H](c2nnc(-c3ccccc3)o2)c2ccccc2Cl)cc1. The van der Waals surface area contributed by atoms with E-state index >= 15 is 0 Å². The summed E-state index contributed by atoms with van der Waals surface area (Å²) in [5, 5.41) is 8.63. The molecule has 4 aromatic rings. The molecule has 0 saturated carbocycles. The van der Waals surface area contributed by atoms with E-state index in [0.29, 0.717) is 22.4 Å². The average Bonchev–Trinajstić information content (AvgIpc) is 3.29. The van der Waals surface area contributed by atoms with Crippen LogP contribution >= 0.6 is 11.6 Å². The van der Waals surface area contributed by atoms with E-state index in [9.17, 15) is 8.42 Å². The maximum absolute atomic E-state index is 13.3. The normalized spacial score (nSPS) is 12.7. The average molecular weight is 482 g/mol. The number of rotatable bonds is 8. The molecule has 0 fully saturated rings. The summed E-state index contributed by atoms with van der Waals surface area (Å²) in [6.45, 7) is 4.24. The fourth-order valence-electron chi connectivity index (χ4n) is 3.50. The second-order valence-corrected chi connectivity index (χ2v) is 10.3. The third-order valence-corrected chi connectivity index (χ3v) is 6.86. The number of hydrogen-bond acceptors (Lipinski definition) is 5. The van der Waals surface area contributed by atoms with Gasteiger partial charge in [0, 0.05) is 10.6 Å². The molecule has 170 valence electrons. The van der Waals surface area contributed by atoms with E-state index in [-0.39, 0.29) is 10.8 Å². The van der Waals surface area contributed by atoms with Crippen LogP contribution in [0.5, 0.6) is 0 Å². The monoisotopic (exact) mass is 481 g/mol. The highest BCUT2D eigenvalue weighted by Crippen LogP contribution is 2.31. The number of halogens is 1. The van der Waals surface area contributed by atoms with Crippen molar-refractivity contribution in [1.29, 1.82) is 0 Å². The maximum Gasteiger partial charge on any atom is 0.247 e. The Morgan fingerprint density at radius 3 is 2.24 bits per heavy atom. The van der Waals surface area contributed by atoms with Gasteiger partial charge in [0.15, 0.2) is 0 Å². The van der Waals surface area contributed by atoms with Crippen LogP contribution < -0.4 is 4.72 Å². The summed E-state index contributed by atoms with van der Waals surface area (Å²) in [5.41, 5.74) is 2.33. The highest BCUT2D eigenvalue weighted by atomic mass is 35.5. The largest absolute Gasteiger partial charge is 0.419 e. The number of aromatic nitrogens is 2. The minimum Gasteiger partial charge on any atom is -0.419 e. The first kappa shape index (κ1) is 23.2. The van der Waals surface area contributed by atoms with Gasteiger partial charge in [-0.1, -0.05) is 74.0 Å². The van der Waals surface area contributed by atoms with Crippen molar-refractivity contribution >= 4 is 21.6 Å². The first-order valence-electron chi connectivity index (χ1n) is 10.6. The van der Waals surface area contributed by atoms with E-state index < -0.39 is 16.1 Å². The van der Waals surface area contributed by atoms with Crippen LogP contribution in [0.1, 0.15) is 36.9 Å². The van der Waals surface area contributed by atoms with Gasteiger partial charge in [-0.25, -0.2) is 8.42 Å². The Kier molecular flexibility index (Phi) is 6.93. The third-order valence-electron chi connectivity index (χ3n) is 5.08. The molecular formula is C25H24ClN3O3S. The Hall–Kier alpha value is -3.00. The van der Waals surface area contributed by atoms with E-state index in [0.717, 1.165) is 17.5 Å². The summed E-state index contributed by atoms with van der Waals surface area (Å²) >= 11 is 6.41. The summed E-state index contributed by atoms with van der Waals surface area (Å²) in [5.74, 6) is 0.869. The second-order valence-electron chi connectivity index (χ2n) is 8.13. The van der Waals surface area contributed by atoms with Crippen LogP contribution in [0.3, 0.4) is 0 Å². The molecule has 1 aromatic heterocycles. The Bertz CT molecular complexity index is 1320. The molecule has 3 aromatic carbocycles. The predicted octanol–water partition coefficient (Wildman–Crippen LogP) is 5.66. The summed E-state index contributed by atoms with van der Waals surface area (Å²) in [7, 11) is -3.91. The molecule has 0 amide bonds. The maximum atomic E-state index is 13.3. The number of benzene rings is 3. The molecule has 8 heteroatoms. The van der Waals surface area contributed by atoms with Gasteiger partial charge in [0.2, 0.25) is 21.8 Å². The molecule has 0 unspecified atom stereocenters. The molecule has 0 aliphatic carbocycles. The summed E-state index contributed by atoms with van der Waals surface area (Å²) in [4.78, 5) is 0.148. The highest BCUT2D eigenvalue weighted by molar-refractivity contribution is 7.89. The summed E-state index contributed by atoms with van der Waals surface area (Å²) < 4.78 is 35.1. The first-order chi connectivity index (χ1) is 15.8. The van der Waals surface area contributed by atoms with Crippen LogP contribution in [0, 0.1) is 5.92 Å². The number of sulfonamides is 1. The van der Waals surface area contributed by atoms with E-state index in [1.54, 1.807) is 36.4 Å². The van der Waals surface area contributed by atoms with Crippen molar-refractivity contribution in [1.82, 2.24) is 14.9 Å². The van der Waals surface area contributed by atoms with Gasteiger partial charge in [0.1, 0.15) is 6.04 Å². The summed E-state index contributed by atoms with van der Waals surface area (Å²) in [6.07, 6.45) is 0.875. The molecule has 4 rings (SSSR count). The minimum absolute atomic E-state index is 0.0990. The van der Waals surface area contributed by atoms with Gasteiger partial charge < -0.3 is 4.42 Å². The van der Waals surface area contributed by atoms with Crippen LogP contribution in [0.2, 0.25) is 5.02 Å². The lowest BCUT2D eigenvalue weighted by Gasteiger charge is -2.17. The van der Waals surface area contributed by atoms with E-state index in [1.165, 1.54) is 0 Å². The third kappa shape index (κ3) is 5.50. The van der Waals surface area contributed by atoms with Crippen LogP contribution in [-0.4, -0.2) is 18.6 Å². The molecule has 1 N–H and O–H groups in total. The number of nitrogens with zero attached hydrogens (tertiary/aromatic N) is 2. The molecule has 0 radical (unpaired) electrons. The van der Waals surface area contributed by atoms with Crippen molar-refractivity contribution in [3.05, 3.63) is 101 Å². The molecule has 0 bridgehead atoms. The van der Waals surface area contributed by atoms with Gasteiger partial charge in [-0.3, -0.25) is 0 Å². The van der Waals surface area contributed by atoms with E-state index in [4.69, 9.17) is 16.0 Å². The van der Waals surface area contributed by atoms with Gasteiger partial charge in [-0.2, -0.15) is 4.72 Å². The molecular weight excluding hydrogens is 458 g/mol. The fourth-order valence-corrected chi connectivity index (χ4v) is 4.92.